The lowest BCUT2D eigenvalue weighted by Crippen LogP contribution is -2.47. The van der Waals surface area contributed by atoms with Gasteiger partial charge in [-0.25, -0.2) is 0 Å². The number of hydrogen-bond donors (Lipinski definition) is 1. The molecule has 2 unspecified atom stereocenters. The van der Waals surface area contributed by atoms with E-state index in [0.29, 0.717) is 18.5 Å². The lowest BCUT2D eigenvalue weighted by Gasteiger charge is -2.35. The lowest BCUT2D eigenvalue weighted by atomic mass is 9.81. The Balaban J connectivity index is 2.99. The third-order valence-corrected chi connectivity index (χ3v) is 4.11. The first-order valence-corrected chi connectivity index (χ1v) is 6.78. The SMILES string of the molecule is CC(C)C(C)N(C)CC(C)(C(=O)O)c1ccccc1. The van der Waals surface area contributed by atoms with E-state index in [1.165, 1.54) is 0 Å². The smallest absolute Gasteiger partial charge is 0.315 e. The molecule has 0 heterocycles. The zero-order valence-electron chi connectivity index (χ0n) is 12.6. The Bertz CT molecular complexity index is 416. The molecule has 1 aromatic carbocycles. The van der Waals surface area contributed by atoms with Crippen LogP contribution < -0.4 is 0 Å². The van der Waals surface area contributed by atoms with Gasteiger partial charge >= 0.3 is 5.97 Å². The van der Waals surface area contributed by atoms with Gasteiger partial charge in [0.2, 0.25) is 0 Å². The molecule has 0 aliphatic heterocycles. The average molecular weight is 263 g/mol. The molecular formula is C16H25NO2. The quantitative estimate of drug-likeness (QED) is 0.857. The van der Waals surface area contributed by atoms with Crippen LogP contribution in [0.5, 0.6) is 0 Å². The maximum Gasteiger partial charge on any atom is 0.315 e. The van der Waals surface area contributed by atoms with Gasteiger partial charge in [0.15, 0.2) is 0 Å². The predicted octanol–water partition coefficient (Wildman–Crippen LogP) is 3.01. The van der Waals surface area contributed by atoms with Crippen LogP contribution >= 0.6 is 0 Å². The lowest BCUT2D eigenvalue weighted by molar-refractivity contribution is -0.144. The molecule has 3 heteroatoms. The molecule has 0 saturated carbocycles. The van der Waals surface area contributed by atoms with Gasteiger partial charge in [-0.15, -0.1) is 0 Å². The fourth-order valence-corrected chi connectivity index (χ4v) is 2.24. The molecule has 0 fully saturated rings. The van der Waals surface area contributed by atoms with E-state index in [0.717, 1.165) is 5.56 Å². The number of carboxylic acid groups (broad SMARTS) is 1. The Morgan fingerprint density at radius 3 is 2.21 bits per heavy atom. The molecule has 0 spiro atoms. The van der Waals surface area contributed by atoms with Crippen LogP contribution in [0.25, 0.3) is 0 Å². The summed E-state index contributed by atoms with van der Waals surface area (Å²) in [6.45, 7) is 8.75. The van der Waals surface area contributed by atoms with Gasteiger partial charge in [-0.1, -0.05) is 44.2 Å². The molecule has 0 saturated heterocycles. The highest BCUT2D eigenvalue weighted by Crippen LogP contribution is 2.26. The second-order valence-electron chi connectivity index (χ2n) is 5.90. The van der Waals surface area contributed by atoms with Gasteiger partial charge < -0.3 is 10.0 Å². The highest BCUT2D eigenvalue weighted by atomic mass is 16.4. The number of benzene rings is 1. The normalized spacial score (nSPS) is 16.4. The number of rotatable bonds is 6. The van der Waals surface area contributed by atoms with Crippen molar-refractivity contribution in [2.75, 3.05) is 13.6 Å². The molecular weight excluding hydrogens is 238 g/mol. The van der Waals surface area contributed by atoms with Crippen molar-refractivity contribution in [2.24, 2.45) is 5.92 Å². The maximum absolute atomic E-state index is 11.7. The molecule has 1 aromatic rings. The summed E-state index contributed by atoms with van der Waals surface area (Å²) in [5.41, 5.74) is -0.0237. The minimum atomic E-state index is -0.876. The molecule has 0 aromatic heterocycles. The van der Waals surface area contributed by atoms with E-state index in [9.17, 15) is 9.90 Å². The van der Waals surface area contributed by atoms with Crippen molar-refractivity contribution in [1.82, 2.24) is 4.90 Å². The average Bonchev–Trinajstić information content (AvgIpc) is 2.38. The van der Waals surface area contributed by atoms with E-state index in [2.05, 4.69) is 25.7 Å². The molecule has 0 radical (unpaired) electrons. The number of carbonyl (C=O) groups is 1. The van der Waals surface area contributed by atoms with Gasteiger partial charge in [0, 0.05) is 12.6 Å². The van der Waals surface area contributed by atoms with Crippen LogP contribution in [0.2, 0.25) is 0 Å². The summed E-state index contributed by atoms with van der Waals surface area (Å²) < 4.78 is 0. The Morgan fingerprint density at radius 1 is 1.26 bits per heavy atom. The Kier molecular flexibility index (Phi) is 5.12. The van der Waals surface area contributed by atoms with Crippen molar-refractivity contribution in [3.05, 3.63) is 35.9 Å². The fraction of sp³-hybridized carbons (Fsp3) is 0.562. The highest BCUT2D eigenvalue weighted by Gasteiger charge is 2.37. The largest absolute Gasteiger partial charge is 0.481 e. The first kappa shape index (κ1) is 15.7. The Labute approximate surface area is 116 Å². The molecule has 0 bridgehead atoms. The van der Waals surface area contributed by atoms with Crippen molar-refractivity contribution in [3.8, 4) is 0 Å². The maximum atomic E-state index is 11.7. The number of nitrogens with zero attached hydrogens (tertiary/aromatic N) is 1. The monoisotopic (exact) mass is 263 g/mol. The summed E-state index contributed by atoms with van der Waals surface area (Å²) in [6, 6.07) is 9.82. The van der Waals surface area contributed by atoms with Gasteiger partial charge in [0.05, 0.1) is 0 Å². The van der Waals surface area contributed by atoms with Crippen LogP contribution in [-0.2, 0) is 10.2 Å². The summed E-state index contributed by atoms with van der Waals surface area (Å²) in [6.07, 6.45) is 0. The van der Waals surface area contributed by atoms with Crippen molar-refractivity contribution in [3.63, 3.8) is 0 Å². The molecule has 0 amide bonds. The van der Waals surface area contributed by atoms with Crippen molar-refractivity contribution in [2.45, 2.75) is 39.2 Å². The summed E-state index contributed by atoms with van der Waals surface area (Å²) >= 11 is 0. The molecule has 2 atom stereocenters. The third kappa shape index (κ3) is 3.57. The summed E-state index contributed by atoms with van der Waals surface area (Å²) in [7, 11) is 1.99. The molecule has 1 N–H and O–H groups in total. The van der Waals surface area contributed by atoms with Crippen molar-refractivity contribution in [1.29, 1.82) is 0 Å². The summed E-state index contributed by atoms with van der Waals surface area (Å²) in [4.78, 5) is 13.9. The standard InChI is InChI=1S/C16H25NO2/c1-12(2)13(3)17(5)11-16(4,15(18)19)14-9-7-6-8-10-14/h6-10,12-13H,11H2,1-5H3,(H,18,19). The molecule has 1 rings (SSSR count). The molecule has 0 aliphatic rings. The minimum absolute atomic E-state index is 0.349. The number of likely N-dealkylation sites (N-methyl/N-ethyl adjacent to an activating group) is 1. The third-order valence-electron chi connectivity index (χ3n) is 4.11. The van der Waals surface area contributed by atoms with Crippen LogP contribution in [0.15, 0.2) is 30.3 Å². The Morgan fingerprint density at radius 2 is 1.79 bits per heavy atom. The van der Waals surface area contributed by atoms with E-state index >= 15 is 0 Å². The first-order valence-electron chi connectivity index (χ1n) is 6.78. The van der Waals surface area contributed by atoms with Crippen LogP contribution in [0.1, 0.15) is 33.3 Å². The van der Waals surface area contributed by atoms with Crippen LogP contribution in [0, 0.1) is 5.92 Å². The van der Waals surface area contributed by atoms with Gasteiger partial charge in [-0.3, -0.25) is 4.79 Å². The molecule has 106 valence electrons. The van der Waals surface area contributed by atoms with Gasteiger partial charge in [0.25, 0.3) is 0 Å². The minimum Gasteiger partial charge on any atom is -0.481 e. The van der Waals surface area contributed by atoms with Gasteiger partial charge in [-0.2, -0.15) is 0 Å². The highest BCUT2D eigenvalue weighted by molar-refractivity contribution is 5.81. The zero-order chi connectivity index (χ0) is 14.6. The summed E-state index contributed by atoms with van der Waals surface area (Å²) in [5, 5.41) is 9.63. The second-order valence-corrected chi connectivity index (χ2v) is 5.90. The number of carboxylic acids is 1. The van der Waals surface area contributed by atoms with Crippen LogP contribution in [-0.4, -0.2) is 35.6 Å². The molecule has 0 aliphatic carbocycles. The first-order chi connectivity index (χ1) is 8.79. The fourth-order valence-electron chi connectivity index (χ4n) is 2.24. The van der Waals surface area contributed by atoms with E-state index in [1.54, 1.807) is 6.92 Å². The predicted molar refractivity (Wildman–Crippen MR) is 78.4 cm³/mol. The number of aliphatic carboxylic acids is 1. The van der Waals surface area contributed by atoms with Crippen LogP contribution in [0.4, 0.5) is 0 Å². The topological polar surface area (TPSA) is 40.5 Å². The van der Waals surface area contributed by atoms with Crippen molar-refractivity contribution >= 4 is 5.97 Å². The van der Waals surface area contributed by atoms with E-state index < -0.39 is 11.4 Å². The summed E-state index contributed by atoms with van der Waals surface area (Å²) in [5.74, 6) is -0.277. The molecule has 3 nitrogen and oxygen atoms in total. The van der Waals surface area contributed by atoms with Gasteiger partial charge in [0.1, 0.15) is 5.41 Å². The van der Waals surface area contributed by atoms with E-state index in [-0.39, 0.29) is 0 Å². The van der Waals surface area contributed by atoms with Crippen molar-refractivity contribution < 1.29 is 9.90 Å². The zero-order valence-corrected chi connectivity index (χ0v) is 12.6. The molecule has 19 heavy (non-hydrogen) atoms. The van der Waals surface area contributed by atoms with E-state index in [1.807, 2.05) is 37.4 Å². The second kappa shape index (κ2) is 6.20. The van der Waals surface area contributed by atoms with Gasteiger partial charge in [-0.05, 0) is 32.4 Å². The van der Waals surface area contributed by atoms with Crippen LogP contribution in [0.3, 0.4) is 0 Å². The Hall–Kier alpha value is -1.35. The number of hydrogen-bond acceptors (Lipinski definition) is 2. The van der Waals surface area contributed by atoms with E-state index in [4.69, 9.17) is 0 Å².